The molecule has 0 saturated carbocycles. The third-order valence-electron chi connectivity index (χ3n) is 2.36. The molecular formula is C11H16BrClN2O2S. The van der Waals surface area contributed by atoms with Gasteiger partial charge in [0, 0.05) is 11.0 Å². The van der Waals surface area contributed by atoms with Crippen molar-refractivity contribution in [3.63, 3.8) is 0 Å². The van der Waals surface area contributed by atoms with Crippen LogP contribution in [0.1, 0.15) is 6.92 Å². The standard InChI is InChI=1S/C11H16BrClN2O2S/c1-8(6-14-2)7-15-18(16,17)11-4-3-9(12)5-10(11)13/h3-5,8,14-15H,6-7H2,1-2H3. The average Bonchev–Trinajstić information content (AvgIpc) is 2.26. The first-order chi connectivity index (χ1) is 8.36. The number of halogens is 2. The topological polar surface area (TPSA) is 58.2 Å². The monoisotopic (exact) mass is 354 g/mol. The van der Waals surface area contributed by atoms with Crippen LogP contribution in [-0.4, -0.2) is 28.6 Å². The van der Waals surface area contributed by atoms with E-state index in [-0.39, 0.29) is 15.8 Å². The minimum atomic E-state index is -3.55. The van der Waals surface area contributed by atoms with Crippen molar-refractivity contribution in [2.24, 2.45) is 5.92 Å². The molecule has 7 heteroatoms. The highest BCUT2D eigenvalue weighted by Gasteiger charge is 2.18. The van der Waals surface area contributed by atoms with Crippen molar-refractivity contribution in [1.29, 1.82) is 0 Å². The average molecular weight is 356 g/mol. The first kappa shape index (κ1) is 15.9. The van der Waals surface area contributed by atoms with E-state index < -0.39 is 10.0 Å². The molecule has 0 fully saturated rings. The Bertz CT molecular complexity index is 508. The number of hydrogen-bond donors (Lipinski definition) is 2. The molecule has 0 saturated heterocycles. The molecule has 0 bridgehead atoms. The molecule has 0 spiro atoms. The molecule has 4 nitrogen and oxygen atoms in total. The Hall–Kier alpha value is -0.140. The first-order valence-electron chi connectivity index (χ1n) is 5.46. The van der Waals surface area contributed by atoms with Crippen LogP contribution in [0.15, 0.2) is 27.6 Å². The Morgan fingerprint density at radius 1 is 1.39 bits per heavy atom. The van der Waals surface area contributed by atoms with Crippen LogP contribution >= 0.6 is 27.5 Å². The van der Waals surface area contributed by atoms with Gasteiger partial charge in [-0.2, -0.15) is 0 Å². The smallest absolute Gasteiger partial charge is 0.242 e. The summed E-state index contributed by atoms with van der Waals surface area (Å²) in [6, 6.07) is 4.70. The van der Waals surface area contributed by atoms with Crippen LogP contribution in [0.25, 0.3) is 0 Å². The minimum Gasteiger partial charge on any atom is -0.319 e. The summed E-state index contributed by atoms with van der Waals surface area (Å²) in [6.07, 6.45) is 0. The predicted octanol–water partition coefficient (Wildman–Crippen LogP) is 2.24. The third kappa shape index (κ3) is 4.51. The van der Waals surface area contributed by atoms with E-state index in [9.17, 15) is 8.42 Å². The van der Waals surface area contributed by atoms with E-state index in [1.807, 2.05) is 14.0 Å². The van der Waals surface area contributed by atoms with Crippen molar-refractivity contribution in [2.75, 3.05) is 20.1 Å². The lowest BCUT2D eigenvalue weighted by Gasteiger charge is -2.13. The molecular weight excluding hydrogens is 340 g/mol. The Morgan fingerprint density at radius 3 is 2.61 bits per heavy atom. The zero-order valence-corrected chi connectivity index (χ0v) is 13.4. The zero-order chi connectivity index (χ0) is 13.8. The van der Waals surface area contributed by atoms with E-state index in [0.29, 0.717) is 6.54 Å². The molecule has 0 amide bonds. The Morgan fingerprint density at radius 2 is 2.06 bits per heavy atom. The molecule has 1 aromatic carbocycles. The number of nitrogens with one attached hydrogen (secondary N) is 2. The second-order valence-corrected chi connectivity index (χ2v) is 7.15. The summed E-state index contributed by atoms with van der Waals surface area (Å²) in [6.45, 7) is 3.08. The zero-order valence-electron chi connectivity index (χ0n) is 10.2. The third-order valence-corrected chi connectivity index (χ3v) is 4.76. The molecule has 102 valence electrons. The van der Waals surface area contributed by atoms with Crippen LogP contribution in [0, 0.1) is 5.92 Å². The summed E-state index contributed by atoms with van der Waals surface area (Å²) in [7, 11) is -1.72. The highest BCUT2D eigenvalue weighted by atomic mass is 79.9. The van der Waals surface area contributed by atoms with Gasteiger partial charge in [0.05, 0.1) is 5.02 Å². The molecule has 2 N–H and O–H groups in total. The fraction of sp³-hybridized carbons (Fsp3) is 0.455. The van der Waals surface area contributed by atoms with Gasteiger partial charge in [-0.05, 0) is 37.7 Å². The van der Waals surface area contributed by atoms with Crippen LogP contribution < -0.4 is 10.0 Å². The molecule has 0 aliphatic rings. The van der Waals surface area contributed by atoms with Crippen LogP contribution in [0.2, 0.25) is 5.02 Å². The van der Waals surface area contributed by atoms with E-state index in [1.165, 1.54) is 6.07 Å². The van der Waals surface area contributed by atoms with Gasteiger partial charge >= 0.3 is 0 Å². The molecule has 1 atom stereocenters. The van der Waals surface area contributed by atoms with Gasteiger partial charge in [0.25, 0.3) is 0 Å². The molecule has 0 aliphatic heterocycles. The van der Waals surface area contributed by atoms with E-state index in [1.54, 1.807) is 12.1 Å². The summed E-state index contributed by atoms with van der Waals surface area (Å²) >= 11 is 9.17. The van der Waals surface area contributed by atoms with Gasteiger partial charge in [-0.25, -0.2) is 13.1 Å². The highest BCUT2D eigenvalue weighted by Crippen LogP contribution is 2.24. The lowest BCUT2D eigenvalue weighted by molar-refractivity contribution is 0.519. The summed E-state index contributed by atoms with van der Waals surface area (Å²) in [5, 5.41) is 3.20. The van der Waals surface area contributed by atoms with Crippen LogP contribution in [-0.2, 0) is 10.0 Å². The summed E-state index contributed by atoms with van der Waals surface area (Å²) < 4.78 is 27.4. The molecule has 0 aliphatic carbocycles. The largest absolute Gasteiger partial charge is 0.319 e. The molecule has 1 aromatic rings. The Kier molecular flexibility index (Phi) is 6.07. The maximum atomic E-state index is 12.0. The first-order valence-corrected chi connectivity index (χ1v) is 8.11. The van der Waals surface area contributed by atoms with Crippen molar-refractivity contribution in [1.82, 2.24) is 10.0 Å². The van der Waals surface area contributed by atoms with Crippen molar-refractivity contribution < 1.29 is 8.42 Å². The molecule has 0 aromatic heterocycles. The SMILES string of the molecule is CNCC(C)CNS(=O)(=O)c1ccc(Br)cc1Cl. The van der Waals surface area contributed by atoms with E-state index >= 15 is 0 Å². The number of rotatable bonds is 6. The maximum absolute atomic E-state index is 12.0. The lowest BCUT2D eigenvalue weighted by Crippen LogP contribution is -2.32. The molecule has 1 unspecified atom stereocenters. The van der Waals surface area contributed by atoms with Crippen LogP contribution in [0.5, 0.6) is 0 Å². The van der Waals surface area contributed by atoms with Gasteiger partial charge in [-0.1, -0.05) is 34.5 Å². The maximum Gasteiger partial charge on any atom is 0.242 e. The molecule has 0 radical (unpaired) electrons. The number of hydrogen-bond acceptors (Lipinski definition) is 3. The van der Waals surface area contributed by atoms with Gasteiger partial charge in [-0.15, -0.1) is 0 Å². The van der Waals surface area contributed by atoms with Crippen molar-refractivity contribution in [3.8, 4) is 0 Å². The summed E-state index contributed by atoms with van der Waals surface area (Å²) in [4.78, 5) is 0.101. The van der Waals surface area contributed by atoms with E-state index in [2.05, 4.69) is 26.0 Å². The van der Waals surface area contributed by atoms with Gasteiger partial charge in [0.1, 0.15) is 4.90 Å². The second-order valence-electron chi connectivity index (χ2n) is 4.09. The van der Waals surface area contributed by atoms with Crippen molar-refractivity contribution >= 4 is 37.6 Å². The lowest BCUT2D eigenvalue weighted by atomic mass is 10.2. The molecule has 0 heterocycles. The van der Waals surface area contributed by atoms with E-state index in [4.69, 9.17) is 11.6 Å². The predicted molar refractivity (Wildman–Crippen MR) is 77.4 cm³/mol. The fourth-order valence-corrected chi connectivity index (χ4v) is 3.64. The quantitative estimate of drug-likeness (QED) is 0.823. The van der Waals surface area contributed by atoms with Gasteiger partial charge in [-0.3, -0.25) is 0 Å². The Labute approximate surface area is 121 Å². The highest BCUT2D eigenvalue weighted by molar-refractivity contribution is 9.10. The van der Waals surface area contributed by atoms with Gasteiger partial charge in [0.15, 0.2) is 0 Å². The van der Waals surface area contributed by atoms with Crippen molar-refractivity contribution in [3.05, 3.63) is 27.7 Å². The molecule has 18 heavy (non-hydrogen) atoms. The minimum absolute atomic E-state index is 0.101. The summed E-state index contributed by atoms with van der Waals surface area (Å²) in [5.74, 6) is 0.207. The van der Waals surface area contributed by atoms with Gasteiger partial charge < -0.3 is 5.32 Å². The van der Waals surface area contributed by atoms with E-state index in [0.717, 1.165) is 11.0 Å². The van der Waals surface area contributed by atoms with Crippen LogP contribution in [0.3, 0.4) is 0 Å². The summed E-state index contributed by atoms with van der Waals surface area (Å²) in [5.41, 5.74) is 0. The number of benzene rings is 1. The van der Waals surface area contributed by atoms with Crippen molar-refractivity contribution in [2.45, 2.75) is 11.8 Å². The normalized spacial score (nSPS) is 13.6. The Balaban J connectivity index is 2.80. The molecule has 1 rings (SSSR count). The van der Waals surface area contributed by atoms with Crippen LogP contribution in [0.4, 0.5) is 0 Å². The van der Waals surface area contributed by atoms with Gasteiger partial charge in [0.2, 0.25) is 10.0 Å². The second kappa shape index (κ2) is 6.86. The fourth-order valence-electron chi connectivity index (χ4n) is 1.44. The number of sulfonamides is 1.